The van der Waals surface area contributed by atoms with Crippen molar-refractivity contribution in [3.05, 3.63) is 30.5 Å². The van der Waals surface area contributed by atoms with Gasteiger partial charge in [0, 0.05) is 36.8 Å². The van der Waals surface area contributed by atoms with Gasteiger partial charge in [0.15, 0.2) is 0 Å². The first kappa shape index (κ1) is 15.9. The highest BCUT2D eigenvalue weighted by atomic mass is 16.5. The van der Waals surface area contributed by atoms with E-state index in [-0.39, 0.29) is 12.2 Å². The first-order chi connectivity index (χ1) is 10.1. The Labute approximate surface area is 126 Å². The quantitative estimate of drug-likeness (QED) is 0.812. The average Bonchev–Trinajstić information content (AvgIpc) is 2.85. The van der Waals surface area contributed by atoms with Crippen molar-refractivity contribution in [1.82, 2.24) is 4.57 Å². The number of aromatic nitrogens is 1. The number of ether oxygens (including phenoxy) is 2. The molecule has 0 bridgehead atoms. The lowest BCUT2D eigenvalue weighted by Crippen LogP contribution is -2.25. The first-order valence-electron chi connectivity index (χ1n) is 7.71. The van der Waals surface area contributed by atoms with Gasteiger partial charge in [-0.05, 0) is 51.5 Å². The monoisotopic (exact) mass is 290 g/mol. The third-order valence-corrected chi connectivity index (χ3v) is 3.47. The zero-order chi connectivity index (χ0) is 15.2. The van der Waals surface area contributed by atoms with Crippen LogP contribution in [-0.2, 0) is 11.3 Å². The topological polar surface area (TPSA) is 49.4 Å². The molecule has 0 fully saturated rings. The van der Waals surface area contributed by atoms with E-state index in [9.17, 15) is 0 Å². The van der Waals surface area contributed by atoms with Crippen molar-refractivity contribution in [2.75, 3.05) is 13.2 Å². The van der Waals surface area contributed by atoms with Gasteiger partial charge in [-0.25, -0.2) is 0 Å². The summed E-state index contributed by atoms with van der Waals surface area (Å²) < 4.78 is 13.6. The normalized spacial score (nSPS) is 13.0. The van der Waals surface area contributed by atoms with Gasteiger partial charge in [0.05, 0.1) is 12.2 Å². The summed E-state index contributed by atoms with van der Waals surface area (Å²) in [6, 6.07) is 8.36. The Kier molecular flexibility index (Phi) is 5.65. The van der Waals surface area contributed by atoms with Crippen LogP contribution in [0.4, 0.5) is 0 Å². The molecule has 1 aromatic carbocycles. The highest BCUT2D eigenvalue weighted by Gasteiger charge is 2.08. The summed E-state index contributed by atoms with van der Waals surface area (Å²) in [7, 11) is 0. The van der Waals surface area contributed by atoms with E-state index in [1.54, 1.807) is 0 Å². The molecule has 116 valence electrons. The number of aryl methyl sites for hydroxylation is 1. The maximum Gasteiger partial charge on any atom is 0.120 e. The van der Waals surface area contributed by atoms with E-state index in [1.807, 2.05) is 26.8 Å². The number of nitrogens with zero attached hydrogens (tertiary/aromatic N) is 1. The van der Waals surface area contributed by atoms with Crippen molar-refractivity contribution in [2.45, 2.75) is 45.9 Å². The number of nitrogens with two attached hydrogens (primary N) is 1. The summed E-state index contributed by atoms with van der Waals surface area (Å²) in [5, 5.41) is 1.20. The van der Waals surface area contributed by atoms with Crippen LogP contribution in [0.5, 0.6) is 5.75 Å². The summed E-state index contributed by atoms with van der Waals surface area (Å²) in [6.07, 6.45) is 3.37. The van der Waals surface area contributed by atoms with Crippen molar-refractivity contribution in [1.29, 1.82) is 0 Å². The molecule has 0 aliphatic carbocycles. The summed E-state index contributed by atoms with van der Waals surface area (Å²) >= 11 is 0. The molecule has 4 nitrogen and oxygen atoms in total. The molecule has 4 heteroatoms. The van der Waals surface area contributed by atoms with Gasteiger partial charge in [-0.2, -0.15) is 0 Å². The predicted octanol–water partition coefficient (Wildman–Crippen LogP) is 3.18. The molecular formula is C17H26N2O2. The molecule has 0 saturated heterocycles. The number of hydrogen-bond acceptors (Lipinski definition) is 3. The molecule has 1 heterocycles. The second kappa shape index (κ2) is 7.48. The third-order valence-electron chi connectivity index (χ3n) is 3.47. The van der Waals surface area contributed by atoms with E-state index in [0.717, 1.165) is 18.7 Å². The fourth-order valence-corrected chi connectivity index (χ4v) is 2.51. The van der Waals surface area contributed by atoms with E-state index in [0.29, 0.717) is 13.2 Å². The predicted molar refractivity (Wildman–Crippen MR) is 86.8 cm³/mol. The van der Waals surface area contributed by atoms with Gasteiger partial charge in [-0.3, -0.25) is 0 Å². The van der Waals surface area contributed by atoms with Crippen LogP contribution >= 0.6 is 0 Å². The van der Waals surface area contributed by atoms with Crippen LogP contribution in [0, 0.1) is 0 Å². The second-order valence-corrected chi connectivity index (χ2v) is 5.50. The zero-order valence-electron chi connectivity index (χ0n) is 13.2. The van der Waals surface area contributed by atoms with Gasteiger partial charge >= 0.3 is 0 Å². The zero-order valence-corrected chi connectivity index (χ0v) is 13.2. The highest BCUT2D eigenvalue weighted by Crippen LogP contribution is 2.23. The Morgan fingerprint density at radius 3 is 2.71 bits per heavy atom. The van der Waals surface area contributed by atoms with E-state index in [4.69, 9.17) is 15.2 Å². The van der Waals surface area contributed by atoms with Gasteiger partial charge in [0.2, 0.25) is 0 Å². The standard InChI is InChI=1S/C17H26N2O2/c1-4-20-16(12-18)8-10-19-9-7-14-11-15(21-13(2)3)5-6-17(14)19/h5-7,9,11,13,16H,4,8,10,12,18H2,1-3H3. The maximum atomic E-state index is 5.73. The van der Waals surface area contributed by atoms with Crippen LogP contribution in [0.15, 0.2) is 30.5 Å². The number of benzene rings is 1. The Morgan fingerprint density at radius 1 is 1.24 bits per heavy atom. The summed E-state index contributed by atoms with van der Waals surface area (Å²) in [6.45, 7) is 8.27. The van der Waals surface area contributed by atoms with Gasteiger partial charge in [0.1, 0.15) is 5.75 Å². The van der Waals surface area contributed by atoms with Crippen molar-refractivity contribution in [3.63, 3.8) is 0 Å². The lowest BCUT2D eigenvalue weighted by Gasteiger charge is -2.15. The molecule has 1 aromatic heterocycles. The molecule has 21 heavy (non-hydrogen) atoms. The molecule has 1 atom stereocenters. The smallest absolute Gasteiger partial charge is 0.120 e. The lowest BCUT2D eigenvalue weighted by atomic mass is 10.2. The number of hydrogen-bond donors (Lipinski definition) is 1. The molecule has 2 rings (SSSR count). The highest BCUT2D eigenvalue weighted by molar-refractivity contribution is 5.81. The minimum Gasteiger partial charge on any atom is -0.491 e. The minimum absolute atomic E-state index is 0.135. The van der Waals surface area contributed by atoms with Gasteiger partial charge < -0.3 is 19.8 Å². The molecule has 2 aromatic rings. The van der Waals surface area contributed by atoms with Crippen LogP contribution in [-0.4, -0.2) is 29.9 Å². The molecule has 1 unspecified atom stereocenters. The van der Waals surface area contributed by atoms with Crippen molar-refractivity contribution in [3.8, 4) is 5.75 Å². The molecule has 0 saturated carbocycles. The fraction of sp³-hybridized carbons (Fsp3) is 0.529. The van der Waals surface area contributed by atoms with Crippen molar-refractivity contribution >= 4 is 10.9 Å². The third kappa shape index (κ3) is 4.22. The SMILES string of the molecule is CCOC(CN)CCn1ccc2cc(OC(C)C)ccc21. The molecule has 0 radical (unpaired) electrons. The van der Waals surface area contributed by atoms with Gasteiger partial charge in [-0.1, -0.05) is 0 Å². The van der Waals surface area contributed by atoms with Crippen LogP contribution in [0.1, 0.15) is 27.2 Å². The van der Waals surface area contributed by atoms with E-state index in [2.05, 4.69) is 29.0 Å². The van der Waals surface area contributed by atoms with Crippen LogP contribution in [0.2, 0.25) is 0 Å². The van der Waals surface area contributed by atoms with Crippen LogP contribution in [0.25, 0.3) is 10.9 Å². The lowest BCUT2D eigenvalue weighted by molar-refractivity contribution is 0.0601. The molecular weight excluding hydrogens is 264 g/mol. The molecule has 0 amide bonds. The van der Waals surface area contributed by atoms with E-state index < -0.39 is 0 Å². The Hall–Kier alpha value is -1.52. The largest absolute Gasteiger partial charge is 0.491 e. The minimum atomic E-state index is 0.135. The van der Waals surface area contributed by atoms with E-state index in [1.165, 1.54) is 10.9 Å². The maximum absolute atomic E-state index is 5.73. The van der Waals surface area contributed by atoms with Gasteiger partial charge in [-0.15, -0.1) is 0 Å². The molecule has 2 N–H and O–H groups in total. The van der Waals surface area contributed by atoms with E-state index >= 15 is 0 Å². The summed E-state index contributed by atoms with van der Waals surface area (Å²) in [5.41, 5.74) is 6.95. The summed E-state index contributed by atoms with van der Waals surface area (Å²) in [5.74, 6) is 0.921. The number of rotatable bonds is 8. The second-order valence-electron chi connectivity index (χ2n) is 5.50. The fourth-order valence-electron chi connectivity index (χ4n) is 2.51. The van der Waals surface area contributed by atoms with Crippen LogP contribution in [0.3, 0.4) is 0 Å². The van der Waals surface area contributed by atoms with Crippen molar-refractivity contribution in [2.24, 2.45) is 5.73 Å². The van der Waals surface area contributed by atoms with Gasteiger partial charge in [0.25, 0.3) is 0 Å². The Morgan fingerprint density at radius 2 is 2.05 bits per heavy atom. The Bertz CT molecular complexity index is 563. The number of fused-ring (bicyclic) bond motifs is 1. The summed E-state index contributed by atoms with van der Waals surface area (Å²) in [4.78, 5) is 0. The molecule has 0 aliphatic rings. The molecule has 0 spiro atoms. The van der Waals surface area contributed by atoms with Crippen LogP contribution < -0.4 is 10.5 Å². The first-order valence-corrected chi connectivity index (χ1v) is 7.71. The molecule has 0 aliphatic heterocycles. The Balaban J connectivity index is 2.07. The average molecular weight is 290 g/mol. The van der Waals surface area contributed by atoms with Crippen molar-refractivity contribution < 1.29 is 9.47 Å².